The van der Waals surface area contributed by atoms with Crippen LogP contribution in [0.1, 0.15) is 0 Å². The van der Waals surface area contributed by atoms with E-state index in [0.717, 1.165) is 6.07 Å². The molecule has 144 valence electrons. The van der Waals surface area contributed by atoms with E-state index >= 15 is 0 Å². The van der Waals surface area contributed by atoms with Crippen LogP contribution in [-0.2, 0) is 14.8 Å². The van der Waals surface area contributed by atoms with Crippen LogP contribution in [0.2, 0.25) is 0 Å². The number of piperazine rings is 1. The maximum absolute atomic E-state index is 13.5. The molecule has 1 aliphatic rings. The molecule has 0 radical (unpaired) electrons. The number of sulfonamides is 1. The highest BCUT2D eigenvalue weighted by atomic mass is 32.2. The van der Waals surface area contributed by atoms with E-state index in [2.05, 4.69) is 0 Å². The average molecular weight is 396 g/mol. The summed E-state index contributed by atoms with van der Waals surface area (Å²) in [5.41, 5.74) is 0. The number of carbonyl (C=O) groups excluding carboxylic acids is 1. The van der Waals surface area contributed by atoms with E-state index in [0.29, 0.717) is 0 Å². The van der Waals surface area contributed by atoms with Crippen LogP contribution in [0.25, 0.3) is 0 Å². The maximum atomic E-state index is 13.5. The largest absolute Gasteiger partial charge is 0.481 e. The molecule has 0 spiro atoms. The molecule has 0 aliphatic carbocycles. The average Bonchev–Trinajstić information content (AvgIpc) is 2.67. The molecule has 3 rings (SSSR count). The van der Waals surface area contributed by atoms with Crippen molar-refractivity contribution >= 4 is 15.9 Å². The van der Waals surface area contributed by atoms with Crippen LogP contribution >= 0.6 is 0 Å². The Bertz CT molecular complexity index is 928. The smallest absolute Gasteiger partial charge is 0.260 e. The molecule has 6 nitrogen and oxygen atoms in total. The Morgan fingerprint density at radius 1 is 1.00 bits per heavy atom. The summed E-state index contributed by atoms with van der Waals surface area (Å²) < 4.78 is 58.3. The molecule has 0 saturated carbocycles. The number of rotatable bonds is 5. The monoisotopic (exact) mass is 396 g/mol. The second kappa shape index (κ2) is 8.01. The van der Waals surface area contributed by atoms with Crippen molar-refractivity contribution in [3.05, 3.63) is 60.2 Å². The van der Waals surface area contributed by atoms with E-state index in [-0.39, 0.29) is 49.3 Å². The van der Waals surface area contributed by atoms with Crippen molar-refractivity contribution in [3.63, 3.8) is 0 Å². The van der Waals surface area contributed by atoms with Crippen LogP contribution in [0.3, 0.4) is 0 Å². The molecule has 0 N–H and O–H groups in total. The predicted molar refractivity (Wildman–Crippen MR) is 93.6 cm³/mol. The van der Waals surface area contributed by atoms with E-state index in [9.17, 15) is 22.0 Å². The van der Waals surface area contributed by atoms with Crippen LogP contribution in [0.4, 0.5) is 8.78 Å². The third-order valence-corrected chi connectivity index (χ3v) is 6.11. The van der Waals surface area contributed by atoms with Gasteiger partial charge in [0.1, 0.15) is 5.82 Å². The van der Waals surface area contributed by atoms with Gasteiger partial charge < -0.3 is 9.64 Å². The van der Waals surface area contributed by atoms with Crippen molar-refractivity contribution in [2.45, 2.75) is 4.90 Å². The van der Waals surface area contributed by atoms with Crippen LogP contribution in [0.5, 0.6) is 5.75 Å². The molecule has 0 atom stereocenters. The van der Waals surface area contributed by atoms with Gasteiger partial charge in [0.2, 0.25) is 10.0 Å². The minimum absolute atomic E-state index is 0.0156. The van der Waals surface area contributed by atoms with E-state index in [1.165, 1.54) is 45.6 Å². The highest BCUT2D eigenvalue weighted by molar-refractivity contribution is 7.89. The SMILES string of the molecule is O=C(COc1ccccc1F)N1CCN(S(=O)(=O)c2cccc(F)c2)CC1. The fourth-order valence-electron chi connectivity index (χ4n) is 2.75. The van der Waals surface area contributed by atoms with Gasteiger partial charge in [-0.05, 0) is 30.3 Å². The van der Waals surface area contributed by atoms with Gasteiger partial charge in [0.05, 0.1) is 4.90 Å². The quantitative estimate of drug-likeness (QED) is 0.774. The summed E-state index contributed by atoms with van der Waals surface area (Å²) in [7, 11) is -3.82. The fraction of sp³-hybridized carbons (Fsp3) is 0.278. The number of nitrogens with zero attached hydrogens (tertiary/aromatic N) is 2. The molecule has 9 heteroatoms. The number of carbonyl (C=O) groups is 1. The first kappa shape index (κ1) is 19.2. The van der Waals surface area contributed by atoms with E-state index in [1.54, 1.807) is 6.07 Å². The summed E-state index contributed by atoms with van der Waals surface area (Å²) in [5.74, 6) is -1.56. The minimum atomic E-state index is -3.82. The first-order chi connectivity index (χ1) is 12.9. The lowest BCUT2D eigenvalue weighted by molar-refractivity contribution is -0.134. The molecule has 1 fully saturated rings. The third-order valence-electron chi connectivity index (χ3n) is 4.21. The van der Waals surface area contributed by atoms with Gasteiger partial charge in [-0.1, -0.05) is 18.2 Å². The van der Waals surface area contributed by atoms with Gasteiger partial charge in [-0.2, -0.15) is 4.31 Å². The summed E-state index contributed by atoms with van der Waals surface area (Å²) in [6.07, 6.45) is 0. The van der Waals surface area contributed by atoms with Crippen molar-refractivity contribution < 1.29 is 26.7 Å². The molecular weight excluding hydrogens is 378 g/mol. The fourth-order valence-corrected chi connectivity index (χ4v) is 4.20. The summed E-state index contributed by atoms with van der Waals surface area (Å²) in [6.45, 7) is 0.189. The normalized spacial score (nSPS) is 15.6. The van der Waals surface area contributed by atoms with Crippen molar-refractivity contribution in [3.8, 4) is 5.75 Å². The summed E-state index contributed by atoms with van der Waals surface area (Å²) >= 11 is 0. The Kier molecular flexibility index (Phi) is 5.71. The maximum Gasteiger partial charge on any atom is 0.260 e. The molecule has 1 saturated heterocycles. The van der Waals surface area contributed by atoms with Crippen LogP contribution in [0, 0.1) is 11.6 Å². The molecule has 0 bridgehead atoms. The lowest BCUT2D eigenvalue weighted by Crippen LogP contribution is -2.51. The first-order valence-electron chi connectivity index (χ1n) is 8.29. The summed E-state index contributed by atoms with van der Waals surface area (Å²) in [4.78, 5) is 13.6. The zero-order valence-electron chi connectivity index (χ0n) is 14.3. The summed E-state index contributed by atoms with van der Waals surface area (Å²) in [5, 5.41) is 0. The van der Waals surface area contributed by atoms with Gasteiger partial charge in [0.25, 0.3) is 5.91 Å². The Hall–Kier alpha value is -2.52. The van der Waals surface area contributed by atoms with Gasteiger partial charge in [-0.3, -0.25) is 4.79 Å². The van der Waals surface area contributed by atoms with Crippen molar-refractivity contribution in [2.24, 2.45) is 0 Å². The third kappa shape index (κ3) is 4.42. The van der Waals surface area contributed by atoms with Crippen molar-refractivity contribution in [2.75, 3.05) is 32.8 Å². The molecule has 0 unspecified atom stereocenters. The number of hydrogen-bond donors (Lipinski definition) is 0. The second-order valence-corrected chi connectivity index (χ2v) is 7.90. The van der Waals surface area contributed by atoms with E-state index < -0.39 is 21.7 Å². The Balaban J connectivity index is 1.57. The lowest BCUT2D eigenvalue weighted by Gasteiger charge is -2.34. The zero-order chi connectivity index (χ0) is 19.4. The number of hydrogen-bond acceptors (Lipinski definition) is 4. The Labute approximate surface area is 156 Å². The highest BCUT2D eigenvalue weighted by Crippen LogP contribution is 2.19. The minimum Gasteiger partial charge on any atom is -0.481 e. The van der Waals surface area contributed by atoms with Crippen LogP contribution < -0.4 is 4.74 Å². The number of benzene rings is 2. The number of para-hydroxylation sites is 1. The highest BCUT2D eigenvalue weighted by Gasteiger charge is 2.30. The Morgan fingerprint density at radius 2 is 1.70 bits per heavy atom. The number of halogens is 2. The summed E-state index contributed by atoms with van der Waals surface area (Å²) in [6, 6.07) is 10.6. The first-order valence-corrected chi connectivity index (χ1v) is 9.73. The van der Waals surface area contributed by atoms with Gasteiger partial charge >= 0.3 is 0 Å². The van der Waals surface area contributed by atoms with Gasteiger partial charge in [0, 0.05) is 26.2 Å². The topological polar surface area (TPSA) is 66.9 Å². The zero-order valence-corrected chi connectivity index (χ0v) is 15.2. The molecule has 27 heavy (non-hydrogen) atoms. The molecule has 0 aromatic heterocycles. The number of ether oxygens (including phenoxy) is 1. The van der Waals surface area contributed by atoms with E-state index in [4.69, 9.17) is 4.74 Å². The van der Waals surface area contributed by atoms with Gasteiger partial charge in [0.15, 0.2) is 18.2 Å². The van der Waals surface area contributed by atoms with Gasteiger partial charge in [-0.15, -0.1) is 0 Å². The van der Waals surface area contributed by atoms with Crippen molar-refractivity contribution in [1.29, 1.82) is 0 Å². The van der Waals surface area contributed by atoms with Crippen LogP contribution in [0.15, 0.2) is 53.4 Å². The molecule has 2 aromatic rings. The number of amides is 1. The van der Waals surface area contributed by atoms with Crippen LogP contribution in [-0.4, -0.2) is 56.3 Å². The standard InChI is InChI=1S/C18H18F2N2O4S/c19-14-4-3-5-15(12-14)27(24,25)22-10-8-21(9-11-22)18(23)13-26-17-7-2-1-6-16(17)20/h1-7,12H,8-11,13H2. The lowest BCUT2D eigenvalue weighted by atomic mass is 10.3. The molecule has 1 amide bonds. The molecule has 2 aromatic carbocycles. The van der Waals surface area contributed by atoms with Crippen molar-refractivity contribution in [1.82, 2.24) is 9.21 Å². The second-order valence-electron chi connectivity index (χ2n) is 5.96. The van der Waals surface area contributed by atoms with E-state index in [1.807, 2.05) is 0 Å². The molecule has 1 aliphatic heterocycles. The Morgan fingerprint density at radius 3 is 2.37 bits per heavy atom. The van der Waals surface area contributed by atoms with Gasteiger partial charge in [-0.25, -0.2) is 17.2 Å². The molecular formula is C18H18F2N2O4S. The predicted octanol–water partition coefficient (Wildman–Crippen LogP) is 1.88. The molecule has 1 heterocycles.